The van der Waals surface area contributed by atoms with Gasteiger partial charge in [0.1, 0.15) is 5.15 Å². The number of aryl methyl sites for hydroxylation is 2. The van der Waals surface area contributed by atoms with Crippen LogP contribution >= 0.6 is 23.4 Å². The molecule has 0 spiro atoms. The predicted molar refractivity (Wildman–Crippen MR) is 101 cm³/mol. The van der Waals surface area contributed by atoms with Crippen molar-refractivity contribution in [2.45, 2.75) is 30.4 Å². The molecule has 0 saturated heterocycles. The van der Waals surface area contributed by atoms with Crippen LogP contribution in [-0.4, -0.2) is 27.5 Å². The van der Waals surface area contributed by atoms with Crippen LogP contribution in [0.5, 0.6) is 0 Å². The Morgan fingerprint density at radius 3 is 2.88 bits per heavy atom. The fraction of sp³-hybridized carbons (Fsp3) is 0.333. The third kappa shape index (κ3) is 3.37. The van der Waals surface area contributed by atoms with Gasteiger partial charge in [-0.2, -0.15) is 5.10 Å². The third-order valence-electron chi connectivity index (χ3n) is 4.10. The molecule has 0 aliphatic carbocycles. The van der Waals surface area contributed by atoms with E-state index in [2.05, 4.69) is 18.1 Å². The lowest BCUT2D eigenvalue weighted by Crippen LogP contribution is -2.30. The molecule has 1 amide bonds. The maximum atomic E-state index is 12.8. The van der Waals surface area contributed by atoms with Crippen LogP contribution in [0.1, 0.15) is 24.6 Å². The number of rotatable bonds is 2. The molecule has 2 aromatic rings. The summed E-state index contributed by atoms with van der Waals surface area (Å²) in [5.41, 5.74) is 2.58. The Balaban J connectivity index is 1.88. The van der Waals surface area contributed by atoms with Gasteiger partial charge in [-0.25, -0.2) is 0 Å². The molecule has 126 valence electrons. The van der Waals surface area contributed by atoms with Crippen LogP contribution < -0.4 is 4.90 Å². The van der Waals surface area contributed by atoms with Gasteiger partial charge in [0, 0.05) is 35.4 Å². The van der Waals surface area contributed by atoms with Crippen molar-refractivity contribution in [2.75, 3.05) is 11.4 Å². The van der Waals surface area contributed by atoms with Gasteiger partial charge in [-0.15, -0.1) is 11.8 Å². The smallest absolute Gasteiger partial charge is 0.251 e. The summed E-state index contributed by atoms with van der Waals surface area (Å²) in [4.78, 5) is 15.8. The van der Waals surface area contributed by atoms with E-state index >= 15 is 0 Å². The molecule has 1 atom stereocenters. The van der Waals surface area contributed by atoms with E-state index in [1.807, 2.05) is 41.8 Å². The van der Waals surface area contributed by atoms with Gasteiger partial charge in [0.15, 0.2) is 0 Å². The lowest BCUT2D eigenvalue weighted by atomic mass is 10.2. The fourth-order valence-corrected chi connectivity index (χ4v) is 4.15. The monoisotopic (exact) mass is 361 g/mol. The minimum absolute atomic E-state index is 0.0310. The molecule has 1 aromatic carbocycles. The number of amides is 1. The highest BCUT2D eigenvalue weighted by atomic mass is 35.5. The molecule has 4 nitrogen and oxygen atoms in total. The summed E-state index contributed by atoms with van der Waals surface area (Å²) in [6.45, 7) is 4.80. The number of hydrogen-bond donors (Lipinski definition) is 0. The first-order chi connectivity index (χ1) is 11.5. The van der Waals surface area contributed by atoms with Crippen molar-refractivity contribution in [3.05, 3.63) is 46.8 Å². The van der Waals surface area contributed by atoms with Gasteiger partial charge in [-0.05, 0) is 31.6 Å². The van der Waals surface area contributed by atoms with Crippen LogP contribution in [0.15, 0.2) is 35.2 Å². The third-order valence-corrected chi connectivity index (χ3v) is 5.78. The number of anilines is 1. The van der Waals surface area contributed by atoms with Gasteiger partial charge in [0.25, 0.3) is 5.91 Å². The summed E-state index contributed by atoms with van der Waals surface area (Å²) in [5, 5.41) is 5.29. The summed E-state index contributed by atoms with van der Waals surface area (Å²) in [6, 6.07) is 8.07. The van der Waals surface area contributed by atoms with Gasteiger partial charge in [0.2, 0.25) is 0 Å². The van der Waals surface area contributed by atoms with Gasteiger partial charge in [-0.3, -0.25) is 9.48 Å². The van der Waals surface area contributed by atoms with Crippen LogP contribution in [0, 0.1) is 6.92 Å². The summed E-state index contributed by atoms with van der Waals surface area (Å²) >= 11 is 8.05. The highest BCUT2D eigenvalue weighted by Gasteiger charge is 2.22. The van der Waals surface area contributed by atoms with Crippen molar-refractivity contribution in [3.8, 4) is 0 Å². The first-order valence-corrected chi connectivity index (χ1v) is 9.17. The van der Waals surface area contributed by atoms with Crippen molar-refractivity contribution >= 4 is 41.0 Å². The van der Waals surface area contributed by atoms with Crippen molar-refractivity contribution in [1.29, 1.82) is 0 Å². The Morgan fingerprint density at radius 2 is 2.17 bits per heavy atom. The Hall–Kier alpha value is -1.72. The van der Waals surface area contributed by atoms with Gasteiger partial charge in [0.05, 0.1) is 11.4 Å². The second-order valence-corrected chi connectivity index (χ2v) is 7.76. The van der Waals surface area contributed by atoms with Crippen LogP contribution in [0.4, 0.5) is 5.69 Å². The molecule has 1 aromatic heterocycles. The number of carbonyl (C=O) groups excluding carboxylic acids is 1. The van der Waals surface area contributed by atoms with Gasteiger partial charge >= 0.3 is 0 Å². The topological polar surface area (TPSA) is 38.1 Å². The summed E-state index contributed by atoms with van der Waals surface area (Å²) in [7, 11) is 1.79. The van der Waals surface area contributed by atoms with E-state index in [0.29, 0.717) is 16.9 Å². The Kier molecular flexibility index (Phi) is 5.01. The number of benzene rings is 1. The number of nitrogens with zero attached hydrogens (tertiary/aromatic N) is 3. The summed E-state index contributed by atoms with van der Waals surface area (Å²) in [6.07, 6.45) is 4.32. The first kappa shape index (κ1) is 17.1. The highest BCUT2D eigenvalue weighted by Crippen LogP contribution is 2.37. The predicted octanol–water partition coefficient (Wildman–Crippen LogP) is 4.31. The van der Waals surface area contributed by atoms with Crippen molar-refractivity contribution in [1.82, 2.24) is 9.78 Å². The van der Waals surface area contributed by atoms with E-state index < -0.39 is 0 Å². The molecule has 0 bridgehead atoms. The van der Waals surface area contributed by atoms with E-state index in [9.17, 15) is 4.79 Å². The van der Waals surface area contributed by atoms with E-state index in [0.717, 1.165) is 28.3 Å². The van der Waals surface area contributed by atoms with Crippen LogP contribution in [0.25, 0.3) is 6.08 Å². The molecular weight excluding hydrogens is 342 g/mol. The number of hydrogen-bond acceptors (Lipinski definition) is 3. The number of fused-ring (bicyclic) bond motifs is 1. The first-order valence-electron chi connectivity index (χ1n) is 7.91. The zero-order valence-corrected chi connectivity index (χ0v) is 15.6. The quantitative estimate of drug-likeness (QED) is 0.748. The number of thioether (sulfide) groups is 1. The lowest BCUT2D eigenvalue weighted by molar-refractivity contribution is -0.114. The van der Waals surface area contributed by atoms with E-state index in [1.165, 1.54) is 0 Å². The number of halogens is 1. The minimum Gasteiger partial charge on any atom is -0.308 e. The maximum Gasteiger partial charge on any atom is 0.251 e. The van der Waals surface area contributed by atoms with E-state index in [4.69, 9.17) is 11.6 Å². The molecule has 1 aliphatic rings. The molecule has 6 heteroatoms. The van der Waals surface area contributed by atoms with Gasteiger partial charge < -0.3 is 4.90 Å². The summed E-state index contributed by atoms with van der Waals surface area (Å²) < 4.78 is 1.61. The molecule has 0 fully saturated rings. The molecule has 0 N–H and O–H groups in total. The number of aromatic nitrogens is 2. The average molecular weight is 362 g/mol. The molecule has 1 aliphatic heterocycles. The van der Waals surface area contributed by atoms with Crippen LogP contribution in [0.3, 0.4) is 0 Å². The standard InChI is InChI=1S/C18H20ClN3OS/c1-12-10-11-22(15-6-4-5-7-16(15)24-12)17(23)9-8-14-13(2)20-21(3)18(14)19/h4-9,12H,10-11H2,1-3H3/b9-8+. The summed E-state index contributed by atoms with van der Waals surface area (Å²) in [5.74, 6) is -0.0310. The maximum absolute atomic E-state index is 12.8. The minimum atomic E-state index is -0.0310. The van der Waals surface area contributed by atoms with E-state index in [1.54, 1.807) is 23.9 Å². The van der Waals surface area contributed by atoms with Crippen molar-refractivity contribution in [2.24, 2.45) is 7.05 Å². The second-order valence-electron chi connectivity index (χ2n) is 5.92. The molecule has 0 radical (unpaired) electrons. The van der Waals surface area contributed by atoms with E-state index in [-0.39, 0.29) is 5.91 Å². The number of para-hydroxylation sites is 1. The molecule has 1 unspecified atom stereocenters. The molecule has 3 rings (SSSR count). The average Bonchev–Trinajstić information content (AvgIpc) is 2.71. The zero-order valence-electron chi connectivity index (χ0n) is 14.0. The number of carbonyl (C=O) groups is 1. The van der Waals surface area contributed by atoms with Crippen molar-refractivity contribution in [3.63, 3.8) is 0 Å². The molecular formula is C18H20ClN3OS. The largest absolute Gasteiger partial charge is 0.308 e. The highest BCUT2D eigenvalue weighted by molar-refractivity contribution is 8.00. The molecule has 2 heterocycles. The lowest BCUT2D eigenvalue weighted by Gasteiger charge is -2.20. The molecule has 24 heavy (non-hydrogen) atoms. The Bertz CT molecular complexity index is 800. The van der Waals surface area contributed by atoms with Crippen LogP contribution in [0.2, 0.25) is 5.15 Å². The van der Waals surface area contributed by atoms with Gasteiger partial charge in [-0.1, -0.05) is 30.7 Å². The molecule has 0 saturated carbocycles. The fourth-order valence-electron chi connectivity index (χ4n) is 2.80. The Labute approximate surface area is 151 Å². The van der Waals surface area contributed by atoms with Crippen LogP contribution in [-0.2, 0) is 11.8 Å². The Morgan fingerprint density at radius 1 is 1.42 bits per heavy atom. The second kappa shape index (κ2) is 7.03. The normalized spacial score (nSPS) is 17.8. The zero-order chi connectivity index (χ0) is 17.3. The SMILES string of the molecule is Cc1nn(C)c(Cl)c1/C=C/C(=O)N1CCC(C)Sc2ccccc21. The van der Waals surface area contributed by atoms with Crippen molar-refractivity contribution < 1.29 is 4.79 Å².